The fraction of sp³-hybridized carbons (Fsp3) is 0.207. The van der Waals surface area contributed by atoms with Crippen LogP contribution in [0.1, 0.15) is 33.9 Å². The molecule has 34 heavy (non-hydrogen) atoms. The number of rotatable bonds is 7. The molecule has 0 unspecified atom stereocenters. The van der Waals surface area contributed by atoms with Crippen LogP contribution in [0.15, 0.2) is 97.3 Å². The Morgan fingerprint density at radius 2 is 1.79 bits per heavy atom. The Hall–Kier alpha value is -3.67. The molecular formula is C29H28N2O3. The van der Waals surface area contributed by atoms with Gasteiger partial charge in [0.25, 0.3) is 0 Å². The average Bonchev–Trinajstić information content (AvgIpc) is 3.09. The first-order valence-corrected chi connectivity index (χ1v) is 11.6. The molecule has 1 atom stereocenters. The standard InChI is InChI=1S/C29H28N2O3/c32-29(25-9-5-13-30-18-25)24-11-12-28-26(17-24)20-31(14-15-33-28)19-23-8-4-10-27(16-23)34-21-22-6-2-1-3-7-22/h1-13,16-18,29,32H,14-15,19-21H2/t29-/m1/s1. The van der Waals surface area contributed by atoms with E-state index in [4.69, 9.17) is 9.47 Å². The predicted molar refractivity (Wildman–Crippen MR) is 132 cm³/mol. The van der Waals surface area contributed by atoms with Crippen molar-refractivity contribution in [3.05, 3.63) is 125 Å². The van der Waals surface area contributed by atoms with E-state index in [0.717, 1.165) is 53.4 Å². The summed E-state index contributed by atoms with van der Waals surface area (Å²) in [6.07, 6.45) is 2.70. The SMILES string of the molecule is O[C@@H](c1cccnc1)c1ccc2c(c1)CN(Cc1cccc(OCc3ccccc3)c1)CCO2. The quantitative estimate of drug-likeness (QED) is 0.421. The minimum Gasteiger partial charge on any atom is -0.492 e. The number of fused-ring (bicyclic) bond motifs is 1. The molecule has 1 aromatic heterocycles. The number of aliphatic hydroxyl groups excluding tert-OH is 1. The number of hydrogen-bond acceptors (Lipinski definition) is 5. The van der Waals surface area contributed by atoms with E-state index < -0.39 is 6.10 Å². The van der Waals surface area contributed by atoms with Gasteiger partial charge in [-0.25, -0.2) is 0 Å². The van der Waals surface area contributed by atoms with Crippen molar-refractivity contribution in [1.82, 2.24) is 9.88 Å². The van der Waals surface area contributed by atoms with Crippen molar-refractivity contribution < 1.29 is 14.6 Å². The van der Waals surface area contributed by atoms with Crippen molar-refractivity contribution in [3.8, 4) is 11.5 Å². The fourth-order valence-corrected chi connectivity index (χ4v) is 4.24. The Bertz CT molecular complexity index is 1210. The monoisotopic (exact) mass is 452 g/mol. The van der Waals surface area contributed by atoms with E-state index in [0.29, 0.717) is 13.2 Å². The Morgan fingerprint density at radius 1 is 0.912 bits per heavy atom. The zero-order valence-corrected chi connectivity index (χ0v) is 19.0. The molecule has 1 aliphatic heterocycles. The largest absolute Gasteiger partial charge is 0.492 e. The Morgan fingerprint density at radius 3 is 2.65 bits per heavy atom. The van der Waals surface area contributed by atoms with Crippen molar-refractivity contribution in [1.29, 1.82) is 0 Å². The second-order valence-corrected chi connectivity index (χ2v) is 8.54. The van der Waals surface area contributed by atoms with Gasteiger partial charge < -0.3 is 14.6 Å². The van der Waals surface area contributed by atoms with Crippen LogP contribution in [0.2, 0.25) is 0 Å². The molecule has 0 radical (unpaired) electrons. The molecule has 0 saturated heterocycles. The van der Waals surface area contributed by atoms with Gasteiger partial charge in [-0.15, -0.1) is 0 Å². The van der Waals surface area contributed by atoms with Crippen LogP contribution in [0.4, 0.5) is 0 Å². The van der Waals surface area contributed by atoms with Crippen molar-refractivity contribution in [3.63, 3.8) is 0 Å². The molecule has 0 saturated carbocycles. The van der Waals surface area contributed by atoms with Gasteiger partial charge in [0, 0.05) is 43.2 Å². The lowest BCUT2D eigenvalue weighted by Gasteiger charge is -2.20. The number of hydrogen-bond donors (Lipinski definition) is 1. The zero-order valence-electron chi connectivity index (χ0n) is 19.0. The van der Waals surface area contributed by atoms with Gasteiger partial charge in [-0.1, -0.05) is 54.6 Å². The van der Waals surface area contributed by atoms with Gasteiger partial charge in [-0.05, 0) is 47.0 Å². The number of nitrogens with zero attached hydrogens (tertiary/aromatic N) is 2. The molecular weight excluding hydrogens is 424 g/mol. The Kier molecular flexibility index (Phi) is 6.84. The van der Waals surface area contributed by atoms with Gasteiger partial charge in [-0.3, -0.25) is 9.88 Å². The minimum absolute atomic E-state index is 0.553. The van der Waals surface area contributed by atoms with E-state index in [-0.39, 0.29) is 0 Å². The van der Waals surface area contributed by atoms with Gasteiger partial charge in [-0.2, -0.15) is 0 Å². The zero-order chi connectivity index (χ0) is 23.2. The summed E-state index contributed by atoms with van der Waals surface area (Å²) in [5, 5.41) is 10.8. The third-order valence-electron chi connectivity index (χ3n) is 6.01. The summed E-state index contributed by atoms with van der Waals surface area (Å²) >= 11 is 0. The highest BCUT2D eigenvalue weighted by Gasteiger charge is 2.19. The van der Waals surface area contributed by atoms with Crippen LogP contribution >= 0.6 is 0 Å². The molecule has 0 spiro atoms. The van der Waals surface area contributed by atoms with Gasteiger partial charge >= 0.3 is 0 Å². The van der Waals surface area contributed by atoms with Crippen LogP contribution < -0.4 is 9.47 Å². The summed E-state index contributed by atoms with van der Waals surface area (Å²) < 4.78 is 12.0. The second-order valence-electron chi connectivity index (χ2n) is 8.54. The van der Waals surface area contributed by atoms with Crippen LogP contribution in [0.25, 0.3) is 0 Å². The van der Waals surface area contributed by atoms with Crippen LogP contribution in [0.3, 0.4) is 0 Å². The van der Waals surface area contributed by atoms with Gasteiger partial charge in [0.05, 0.1) is 0 Å². The lowest BCUT2D eigenvalue weighted by Crippen LogP contribution is -2.25. The van der Waals surface area contributed by atoms with Gasteiger partial charge in [0.1, 0.15) is 30.8 Å². The van der Waals surface area contributed by atoms with E-state index in [2.05, 4.69) is 34.1 Å². The number of ether oxygens (including phenoxy) is 2. The maximum atomic E-state index is 10.8. The highest BCUT2D eigenvalue weighted by Crippen LogP contribution is 2.30. The molecule has 5 rings (SSSR count). The Balaban J connectivity index is 1.27. The number of pyridine rings is 1. The van der Waals surface area contributed by atoms with E-state index in [1.165, 1.54) is 5.56 Å². The van der Waals surface area contributed by atoms with Crippen LogP contribution in [-0.2, 0) is 19.7 Å². The molecule has 0 fully saturated rings. The smallest absolute Gasteiger partial charge is 0.123 e. The molecule has 0 bridgehead atoms. The van der Waals surface area contributed by atoms with Crippen molar-refractivity contribution in [2.75, 3.05) is 13.2 Å². The minimum atomic E-state index is -0.714. The molecule has 1 N–H and O–H groups in total. The number of aromatic nitrogens is 1. The van der Waals surface area contributed by atoms with E-state index in [1.54, 1.807) is 12.4 Å². The van der Waals surface area contributed by atoms with E-state index in [1.807, 2.05) is 60.7 Å². The highest BCUT2D eigenvalue weighted by molar-refractivity contribution is 5.41. The third-order valence-corrected chi connectivity index (χ3v) is 6.01. The second kappa shape index (κ2) is 10.5. The molecule has 2 heterocycles. The molecule has 0 aliphatic carbocycles. The lowest BCUT2D eigenvalue weighted by atomic mass is 10.00. The third kappa shape index (κ3) is 5.45. The van der Waals surface area contributed by atoms with Crippen molar-refractivity contribution in [2.24, 2.45) is 0 Å². The first-order chi connectivity index (χ1) is 16.7. The number of benzene rings is 3. The molecule has 3 aromatic carbocycles. The summed E-state index contributed by atoms with van der Waals surface area (Å²) in [4.78, 5) is 6.49. The van der Waals surface area contributed by atoms with Crippen molar-refractivity contribution >= 4 is 0 Å². The van der Waals surface area contributed by atoms with Crippen molar-refractivity contribution in [2.45, 2.75) is 25.8 Å². The lowest BCUT2D eigenvalue weighted by molar-refractivity contribution is 0.218. The fourth-order valence-electron chi connectivity index (χ4n) is 4.24. The first-order valence-electron chi connectivity index (χ1n) is 11.6. The molecule has 0 amide bonds. The summed E-state index contributed by atoms with van der Waals surface area (Å²) in [6, 6.07) is 28.1. The Labute approximate surface area is 200 Å². The number of aliphatic hydroxyl groups is 1. The van der Waals surface area contributed by atoms with Crippen LogP contribution in [0.5, 0.6) is 11.5 Å². The van der Waals surface area contributed by atoms with E-state index >= 15 is 0 Å². The molecule has 172 valence electrons. The van der Waals surface area contributed by atoms with Gasteiger partial charge in [0.15, 0.2) is 0 Å². The van der Waals surface area contributed by atoms with Gasteiger partial charge in [0.2, 0.25) is 0 Å². The average molecular weight is 453 g/mol. The molecule has 4 aromatic rings. The first kappa shape index (κ1) is 22.1. The molecule has 5 nitrogen and oxygen atoms in total. The van der Waals surface area contributed by atoms with Crippen LogP contribution in [0, 0.1) is 0 Å². The molecule has 1 aliphatic rings. The summed E-state index contributed by atoms with van der Waals surface area (Å²) in [5.41, 5.74) is 5.04. The predicted octanol–water partition coefficient (Wildman–Crippen LogP) is 5.14. The molecule has 5 heteroatoms. The van der Waals surface area contributed by atoms with Crippen LogP contribution in [-0.4, -0.2) is 28.1 Å². The topological polar surface area (TPSA) is 54.8 Å². The van der Waals surface area contributed by atoms with E-state index in [9.17, 15) is 5.11 Å². The highest BCUT2D eigenvalue weighted by atomic mass is 16.5. The maximum Gasteiger partial charge on any atom is 0.123 e. The normalized spacial score (nSPS) is 14.5. The summed E-state index contributed by atoms with van der Waals surface area (Å²) in [6.45, 7) is 3.54. The summed E-state index contributed by atoms with van der Waals surface area (Å²) in [7, 11) is 0. The maximum absolute atomic E-state index is 10.8. The summed E-state index contributed by atoms with van der Waals surface area (Å²) in [5.74, 6) is 1.75.